The van der Waals surface area contributed by atoms with Gasteiger partial charge in [-0.1, -0.05) is 29.5 Å². The molecule has 0 spiro atoms. The SMILES string of the molecule is C[C@H](C(=O)N/N=C/c1ccccc1O)n1nnc2ccccc21. The third-order valence-electron chi connectivity index (χ3n) is 3.44. The quantitative estimate of drug-likeness (QED) is 0.568. The molecule has 0 saturated carbocycles. The predicted molar refractivity (Wildman–Crippen MR) is 86.1 cm³/mol. The average Bonchev–Trinajstić information content (AvgIpc) is 3.00. The molecule has 23 heavy (non-hydrogen) atoms. The highest BCUT2D eigenvalue weighted by Gasteiger charge is 2.18. The maximum absolute atomic E-state index is 12.2. The molecular weight excluding hydrogens is 294 g/mol. The second kappa shape index (κ2) is 6.27. The van der Waals surface area contributed by atoms with Crippen LogP contribution in [0, 0.1) is 0 Å². The summed E-state index contributed by atoms with van der Waals surface area (Å²) in [4.78, 5) is 12.2. The second-order valence-corrected chi connectivity index (χ2v) is 4.99. The van der Waals surface area contributed by atoms with Crippen LogP contribution in [-0.2, 0) is 4.79 Å². The zero-order chi connectivity index (χ0) is 16.2. The van der Waals surface area contributed by atoms with Crippen molar-refractivity contribution >= 4 is 23.2 Å². The number of hydrogen-bond acceptors (Lipinski definition) is 5. The lowest BCUT2D eigenvalue weighted by atomic mass is 10.2. The summed E-state index contributed by atoms with van der Waals surface area (Å²) < 4.78 is 1.54. The Morgan fingerprint density at radius 1 is 1.26 bits per heavy atom. The molecule has 1 heterocycles. The second-order valence-electron chi connectivity index (χ2n) is 4.99. The maximum Gasteiger partial charge on any atom is 0.264 e. The van der Waals surface area contributed by atoms with Gasteiger partial charge in [-0.2, -0.15) is 5.10 Å². The maximum atomic E-state index is 12.2. The van der Waals surface area contributed by atoms with Gasteiger partial charge in [-0.3, -0.25) is 4.79 Å². The van der Waals surface area contributed by atoms with Crippen LogP contribution in [-0.4, -0.2) is 32.2 Å². The van der Waals surface area contributed by atoms with Crippen molar-refractivity contribution in [3.8, 4) is 5.75 Å². The number of carbonyl (C=O) groups excluding carboxylic acids is 1. The van der Waals surface area contributed by atoms with Gasteiger partial charge in [0, 0.05) is 5.56 Å². The minimum absolute atomic E-state index is 0.0980. The van der Waals surface area contributed by atoms with Crippen LogP contribution >= 0.6 is 0 Å². The minimum Gasteiger partial charge on any atom is -0.507 e. The first-order valence-corrected chi connectivity index (χ1v) is 7.07. The molecule has 0 aliphatic rings. The summed E-state index contributed by atoms with van der Waals surface area (Å²) in [6.07, 6.45) is 1.39. The van der Waals surface area contributed by atoms with Gasteiger partial charge in [0.25, 0.3) is 5.91 Å². The van der Waals surface area contributed by atoms with Crippen LogP contribution in [0.2, 0.25) is 0 Å². The highest BCUT2D eigenvalue weighted by atomic mass is 16.3. The summed E-state index contributed by atoms with van der Waals surface area (Å²) >= 11 is 0. The lowest BCUT2D eigenvalue weighted by Gasteiger charge is -2.10. The molecule has 2 aromatic carbocycles. The van der Waals surface area contributed by atoms with Gasteiger partial charge in [-0.15, -0.1) is 5.10 Å². The number of amides is 1. The lowest BCUT2D eigenvalue weighted by molar-refractivity contribution is -0.124. The van der Waals surface area contributed by atoms with Crippen LogP contribution in [0.4, 0.5) is 0 Å². The highest BCUT2D eigenvalue weighted by Crippen LogP contribution is 2.15. The van der Waals surface area contributed by atoms with E-state index in [-0.39, 0.29) is 11.7 Å². The van der Waals surface area contributed by atoms with E-state index in [4.69, 9.17) is 0 Å². The Morgan fingerprint density at radius 3 is 2.83 bits per heavy atom. The molecule has 0 aliphatic heterocycles. The summed E-state index contributed by atoms with van der Waals surface area (Å²) in [5.74, 6) is -0.229. The summed E-state index contributed by atoms with van der Waals surface area (Å²) in [5, 5.41) is 21.5. The van der Waals surface area contributed by atoms with Crippen molar-refractivity contribution in [2.24, 2.45) is 5.10 Å². The van der Waals surface area contributed by atoms with Crippen molar-refractivity contribution in [3.05, 3.63) is 54.1 Å². The van der Waals surface area contributed by atoms with E-state index in [9.17, 15) is 9.90 Å². The molecule has 3 aromatic rings. The van der Waals surface area contributed by atoms with Crippen molar-refractivity contribution in [1.29, 1.82) is 0 Å². The van der Waals surface area contributed by atoms with Crippen LogP contribution in [0.1, 0.15) is 18.5 Å². The van der Waals surface area contributed by atoms with Crippen molar-refractivity contribution in [2.45, 2.75) is 13.0 Å². The van der Waals surface area contributed by atoms with Crippen LogP contribution in [0.5, 0.6) is 5.75 Å². The number of carbonyl (C=O) groups is 1. The smallest absolute Gasteiger partial charge is 0.264 e. The number of rotatable bonds is 4. The molecular formula is C16H15N5O2. The van der Waals surface area contributed by atoms with Crippen molar-refractivity contribution in [3.63, 3.8) is 0 Å². The molecule has 0 saturated heterocycles. The topological polar surface area (TPSA) is 92.4 Å². The molecule has 116 valence electrons. The number of aromatic hydroxyl groups is 1. The molecule has 0 unspecified atom stereocenters. The van der Waals surface area contributed by atoms with Crippen LogP contribution < -0.4 is 5.43 Å². The summed E-state index contributed by atoms with van der Waals surface area (Å²) in [7, 11) is 0. The van der Waals surface area contributed by atoms with Crippen LogP contribution in [0.15, 0.2) is 53.6 Å². The Hall–Kier alpha value is -3.22. The minimum atomic E-state index is -0.566. The molecule has 0 radical (unpaired) electrons. The molecule has 7 heteroatoms. The first-order chi connectivity index (χ1) is 11.2. The number of nitrogens with zero attached hydrogens (tertiary/aromatic N) is 4. The summed E-state index contributed by atoms with van der Waals surface area (Å²) in [5.41, 5.74) is 4.47. The van der Waals surface area contributed by atoms with Crippen molar-refractivity contribution < 1.29 is 9.90 Å². The Bertz CT molecular complexity index is 872. The van der Waals surface area contributed by atoms with Gasteiger partial charge in [0.15, 0.2) is 0 Å². The Kier molecular flexibility index (Phi) is 4.01. The van der Waals surface area contributed by atoms with Gasteiger partial charge in [0.1, 0.15) is 17.3 Å². The number of hydrazone groups is 1. The fourth-order valence-corrected chi connectivity index (χ4v) is 2.14. The highest BCUT2D eigenvalue weighted by molar-refractivity contribution is 5.86. The third-order valence-corrected chi connectivity index (χ3v) is 3.44. The number of phenolic OH excluding ortho intramolecular Hbond substituents is 1. The largest absolute Gasteiger partial charge is 0.507 e. The van der Waals surface area contributed by atoms with E-state index in [0.29, 0.717) is 5.56 Å². The summed E-state index contributed by atoms with van der Waals surface area (Å²) in [6, 6.07) is 13.6. The number of hydrogen-bond donors (Lipinski definition) is 2. The first kappa shape index (κ1) is 14.7. The van der Waals surface area contributed by atoms with Gasteiger partial charge in [-0.05, 0) is 31.2 Å². The molecule has 0 fully saturated rings. The first-order valence-electron chi connectivity index (χ1n) is 7.07. The van der Waals surface area contributed by atoms with E-state index < -0.39 is 6.04 Å². The van der Waals surface area contributed by atoms with E-state index in [2.05, 4.69) is 20.8 Å². The fourth-order valence-electron chi connectivity index (χ4n) is 2.14. The van der Waals surface area contributed by atoms with E-state index in [1.54, 1.807) is 35.9 Å². The number of benzene rings is 2. The monoisotopic (exact) mass is 309 g/mol. The molecule has 1 atom stereocenters. The number of fused-ring (bicyclic) bond motifs is 1. The Morgan fingerprint density at radius 2 is 2.00 bits per heavy atom. The van der Waals surface area contributed by atoms with Gasteiger partial charge in [0.2, 0.25) is 0 Å². The predicted octanol–water partition coefficient (Wildman–Crippen LogP) is 1.85. The molecule has 7 nitrogen and oxygen atoms in total. The lowest BCUT2D eigenvalue weighted by Crippen LogP contribution is -2.28. The average molecular weight is 309 g/mol. The number of phenols is 1. The summed E-state index contributed by atoms with van der Waals surface area (Å²) in [6.45, 7) is 1.71. The van der Waals surface area contributed by atoms with Crippen molar-refractivity contribution in [1.82, 2.24) is 20.4 Å². The number of nitrogens with one attached hydrogen (secondary N) is 1. The zero-order valence-corrected chi connectivity index (χ0v) is 12.4. The Balaban J connectivity index is 1.72. The van der Waals surface area contributed by atoms with Gasteiger partial charge < -0.3 is 5.11 Å². The molecule has 1 amide bonds. The fraction of sp³-hybridized carbons (Fsp3) is 0.125. The standard InChI is InChI=1S/C16H15N5O2/c1-11(21-14-8-4-3-7-13(14)18-20-21)16(23)19-17-10-12-6-2-5-9-15(12)22/h2-11,22H,1H3,(H,19,23)/b17-10+/t11-/m1/s1. The zero-order valence-electron chi connectivity index (χ0n) is 12.4. The molecule has 1 aromatic heterocycles. The Labute approximate surface area is 132 Å². The van der Waals surface area contributed by atoms with Gasteiger partial charge in [0.05, 0.1) is 11.7 Å². The number of para-hydroxylation sites is 2. The van der Waals surface area contributed by atoms with Gasteiger partial charge in [-0.25, -0.2) is 10.1 Å². The van der Waals surface area contributed by atoms with E-state index >= 15 is 0 Å². The van der Waals surface area contributed by atoms with Crippen molar-refractivity contribution in [2.75, 3.05) is 0 Å². The third kappa shape index (κ3) is 3.03. The van der Waals surface area contributed by atoms with Crippen LogP contribution in [0.3, 0.4) is 0 Å². The molecule has 0 bridgehead atoms. The van der Waals surface area contributed by atoms with E-state index in [0.717, 1.165) is 11.0 Å². The van der Waals surface area contributed by atoms with E-state index in [1.165, 1.54) is 6.21 Å². The van der Waals surface area contributed by atoms with Gasteiger partial charge >= 0.3 is 0 Å². The van der Waals surface area contributed by atoms with Crippen LogP contribution in [0.25, 0.3) is 11.0 Å². The molecule has 3 rings (SSSR count). The molecule has 2 N–H and O–H groups in total. The number of aromatic nitrogens is 3. The normalized spacial score (nSPS) is 12.6. The van der Waals surface area contributed by atoms with E-state index in [1.807, 2.05) is 24.3 Å². The molecule has 0 aliphatic carbocycles.